The summed E-state index contributed by atoms with van der Waals surface area (Å²) < 4.78 is 0.999. The van der Waals surface area contributed by atoms with E-state index in [1.807, 2.05) is 42.6 Å². The van der Waals surface area contributed by atoms with Gasteiger partial charge < -0.3 is 20.7 Å². The van der Waals surface area contributed by atoms with Crippen LogP contribution in [-0.4, -0.2) is 32.6 Å². The van der Waals surface area contributed by atoms with Crippen molar-refractivity contribution in [1.29, 1.82) is 0 Å². The van der Waals surface area contributed by atoms with Crippen LogP contribution in [0.1, 0.15) is 5.56 Å². The summed E-state index contributed by atoms with van der Waals surface area (Å²) in [4.78, 5) is 24.0. The highest BCUT2D eigenvalue weighted by atomic mass is 32.1. The molecule has 5 rings (SSSR count). The van der Waals surface area contributed by atoms with Gasteiger partial charge in [0.25, 0.3) is 0 Å². The Hall–Kier alpha value is -3.75. The smallest absolute Gasteiger partial charge is 0.317 e. The molecule has 0 fully saturated rings. The molecule has 0 unspecified atom stereocenters. The monoisotopic (exact) mass is 429 g/mol. The first-order valence-corrected chi connectivity index (χ1v) is 10.6. The van der Waals surface area contributed by atoms with E-state index < -0.39 is 5.97 Å². The highest BCUT2D eigenvalue weighted by molar-refractivity contribution is 7.22. The number of carbonyl (C=O) groups is 1. The number of nitrogens with zero attached hydrogens (tertiary/aromatic N) is 2. The fourth-order valence-corrected chi connectivity index (χ4v) is 4.59. The van der Waals surface area contributed by atoms with Crippen molar-refractivity contribution in [3.05, 3.63) is 72.7 Å². The lowest BCUT2D eigenvalue weighted by Crippen LogP contribution is -2.21. The van der Waals surface area contributed by atoms with Crippen molar-refractivity contribution in [2.75, 3.05) is 11.9 Å². The standard InChI is InChI=1S/C23H19N5O2S/c29-21(30)12-24-10-15-11-25-18-7-6-16(8-17(15)18)28-23-22-19(26-13-27-23)9-20(31-22)14-4-2-1-3-5-14/h1-9,11,13,24-25H,10,12H2,(H,29,30)(H,26,27,28). The maximum atomic E-state index is 10.8. The minimum Gasteiger partial charge on any atom is -0.480 e. The van der Waals surface area contributed by atoms with Crippen molar-refractivity contribution in [3.63, 3.8) is 0 Å². The summed E-state index contributed by atoms with van der Waals surface area (Å²) in [5, 5.41) is 16.2. The third kappa shape index (κ3) is 3.98. The molecule has 0 saturated heterocycles. The number of benzene rings is 2. The largest absolute Gasteiger partial charge is 0.480 e. The molecule has 3 heterocycles. The normalized spacial score (nSPS) is 11.2. The topological polar surface area (TPSA) is 103 Å². The quantitative estimate of drug-likeness (QED) is 0.298. The molecule has 154 valence electrons. The van der Waals surface area contributed by atoms with Crippen molar-refractivity contribution in [2.45, 2.75) is 6.54 Å². The van der Waals surface area contributed by atoms with Crippen LogP contribution >= 0.6 is 11.3 Å². The van der Waals surface area contributed by atoms with Gasteiger partial charge in [-0.3, -0.25) is 4.79 Å². The SMILES string of the molecule is O=C(O)CNCc1c[nH]c2ccc(Nc3ncnc4cc(-c5ccccc5)sc34)cc12. The fourth-order valence-electron chi connectivity index (χ4n) is 3.53. The van der Waals surface area contributed by atoms with E-state index in [1.54, 1.807) is 17.7 Å². The molecule has 2 aromatic carbocycles. The molecule has 0 spiro atoms. The maximum Gasteiger partial charge on any atom is 0.317 e. The van der Waals surface area contributed by atoms with Gasteiger partial charge in [-0.25, -0.2) is 9.97 Å². The third-order valence-electron chi connectivity index (χ3n) is 4.99. The van der Waals surface area contributed by atoms with E-state index in [9.17, 15) is 4.79 Å². The molecule has 5 aromatic rings. The molecule has 0 aliphatic heterocycles. The second kappa shape index (κ2) is 8.17. The van der Waals surface area contributed by atoms with Gasteiger partial charge in [0.1, 0.15) is 6.33 Å². The van der Waals surface area contributed by atoms with E-state index in [2.05, 4.69) is 43.8 Å². The lowest BCUT2D eigenvalue weighted by Gasteiger charge is -2.07. The van der Waals surface area contributed by atoms with E-state index in [0.29, 0.717) is 6.54 Å². The van der Waals surface area contributed by atoms with Crippen LogP contribution in [-0.2, 0) is 11.3 Å². The maximum absolute atomic E-state index is 10.8. The summed E-state index contributed by atoms with van der Waals surface area (Å²) in [7, 11) is 0. The van der Waals surface area contributed by atoms with Crippen molar-refractivity contribution < 1.29 is 9.90 Å². The fraction of sp³-hybridized carbons (Fsp3) is 0.0870. The van der Waals surface area contributed by atoms with Crippen LogP contribution < -0.4 is 10.6 Å². The second-order valence-corrected chi connectivity index (χ2v) is 8.16. The number of anilines is 2. The van der Waals surface area contributed by atoms with E-state index in [4.69, 9.17) is 5.11 Å². The van der Waals surface area contributed by atoms with Crippen molar-refractivity contribution in [1.82, 2.24) is 20.3 Å². The van der Waals surface area contributed by atoms with Crippen molar-refractivity contribution in [2.24, 2.45) is 0 Å². The Labute approximate surface area is 181 Å². The molecule has 3 aromatic heterocycles. The van der Waals surface area contributed by atoms with Crippen LogP contribution in [0.3, 0.4) is 0 Å². The minimum atomic E-state index is -0.874. The number of rotatable bonds is 7. The second-order valence-electron chi connectivity index (χ2n) is 7.11. The molecule has 0 aliphatic rings. The molecule has 0 saturated carbocycles. The number of aromatic amines is 1. The molecule has 4 N–H and O–H groups in total. The van der Waals surface area contributed by atoms with Crippen molar-refractivity contribution in [3.8, 4) is 10.4 Å². The third-order valence-corrected chi connectivity index (χ3v) is 6.17. The number of aromatic nitrogens is 3. The Bertz CT molecular complexity index is 1380. The first kappa shape index (κ1) is 19.2. The number of carboxylic acids is 1. The van der Waals surface area contributed by atoms with Crippen LogP contribution in [0.4, 0.5) is 11.5 Å². The van der Waals surface area contributed by atoms with Gasteiger partial charge in [0.2, 0.25) is 0 Å². The van der Waals surface area contributed by atoms with Gasteiger partial charge in [-0.05, 0) is 35.4 Å². The summed E-state index contributed by atoms with van der Waals surface area (Å²) in [6.45, 7) is 0.393. The molecule has 0 bridgehead atoms. The van der Waals surface area contributed by atoms with Gasteiger partial charge in [-0.2, -0.15) is 0 Å². The molecule has 0 atom stereocenters. The predicted octanol–water partition coefficient (Wildman–Crippen LogP) is 4.76. The van der Waals surface area contributed by atoms with Crippen LogP contribution in [0.2, 0.25) is 0 Å². The molecule has 0 aliphatic carbocycles. The Balaban J connectivity index is 1.45. The first-order chi connectivity index (χ1) is 15.2. The number of H-pyrrole nitrogens is 1. The highest BCUT2D eigenvalue weighted by Crippen LogP contribution is 2.36. The van der Waals surface area contributed by atoms with E-state index in [0.717, 1.165) is 48.6 Å². The molecule has 7 nitrogen and oxygen atoms in total. The van der Waals surface area contributed by atoms with Crippen LogP contribution in [0, 0.1) is 0 Å². The highest BCUT2D eigenvalue weighted by Gasteiger charge is 2.12. The Morgan fingerprint density at radius 1 is 1.10 bits per heavy atom. The zero-order valence-electron chi connectivity index (χ0n) is 16.4. The summed E-state index contributed by atoms with van der Waals surface area (Å²) in [5.74, 6) is -0.113. The Morgan fingerprint density at radius 2 is 1.97 bits per heavy atom. The van der Waals surface area contributed by atoms with Gasteiger partial charge in [0, 0.05) is 34.2 Å². The number of nitrogens with one attached hydrogen (secondary N) is 3. The lowest BCUT2D eigenvalue weighted by atomic mass is 10.1. The summed E-state index contributed by atoms with van der Waals surface area (Å²) in [6.07, 6.45) is 3.47. The van der Waals surface area contributed by atoms with Gasteiger partial charge in [-0.1, -0.05) is 30.3 Å². The van der Waals surface area contributed by atoms with Crippen LogP contribution in [0.15, 0.2) is 67.1 Å². The lowest BCUT2D eigenvalue weighted by molar-refractivity contribution is -0.135. The molecular weight excluding hydrogens is 410 g/mol. The van der Waals surface area contributed by atoms with E-state index in [1.165, 1.54) is 0 Å². The number of aliphatic carboxylic acids is 1. The van der Waals surface area contributed by atoms with E-state index >= 15 is 0 Å². The number of fused-ring (bicyclic) bond motifs is 2. The minimum absolute atomic E-state index is 0.0777. The Kier molecular flexibility index (Phi) is 5.07. The summed E-state index contributed by atoms with van der Waals surface area (Å²) in [6, 6.07) is 18.4. The van der Waals surface area contributed by atoms with Crippen molar-refractivity contribution >= 4 is 49.9 Å². The first-order valence-electron chi connectivity index (χ1n) is 9.77. The predicted molar refractivity (Wildman–Crippen MR) is 124 cm³/mol. The molecule has 0 radical (unpaired) electrons. The summed E-state index contributed by atoms with van der Waals surface area (Å²) >= 11 is 1.66. The van der Waals surface area contributed by atoms with Crippen LogP contribution in [0.5, 0.6) is 0 Å². The van der Waals surface area contributed by atoms with Crippen LogP contribution in [0.25, 0.3) is 31.6 Å². The zero-order valence-corrected chi connectivity index (χ0v) is 17.2. The number of carboxylic acid groups (broad SMARTS) is 1. The van der Waals surface area contributed by atoms with Gasteiger partial charge in [0.15, 0.2) is 5.82 Å². The number of hydrogen-bond acceptors (Lipinski definition) is 6. The van der Waals surface area contributed by atoms with Gasteiger partial charge in [0.05, 0.1) is 16.8 Å². The zero-order chi connectivity index (χ0) is 21.2. The van der Waals surface area contributed by atoms with Gasteiger partial charge in [-0.15, -0.1) is 11.3 Å². The molecule has 31 heavy (non-hydrogen) atoms. The molecule has 0 amide bonds. The Morgan fingerprint density at radius 3 is 2.81 bits per heavy atom. The average Bonchev–Trinajstić information content (AvgIpc) is 3.39. The van der Waals surface area contributed by atoms with E-state index in [-0.39, 0.29) is 6.54 Å². The average molecular weight is 430 g/mol. The number of hydrogen-bond donors (Lipinski definition) is 4. The molecular formula is C23H19N5O2S. The van der Waals surface area contributed by atoms with Gasteiger partial charge >= 0.3 is 5.97 Å². The number of thiophene rings is 1. The summed E-state index contributed by atoms with van der Waals surface area (Å²) in [5.41, 5.74) is 4.97. The molecule has 8 heteroatoms.